The quantitative estimate of drug-likeness (QED) is 0.788. The third kappa shape index (κ3) is 3.99. The highest BCUT2D eigenvalue weighted by Gasteiger charge is 2.31. The summed E-state index contributed by atoms with van der Waals surface area (Å²) in [6, 6.07) is 12.7. The lowest BCUT2D eigenvalue weighted by atomic mass is 10.0. The lowest BCUT2D eigenvalue weighted by Gasteiger charge is -2.27. The van der Waals surface area contributed by atoms with Crippen molar-refractivity contribution in [2.75, 3.05) is 26.0 Å². The summed E-state index contributed by atoms with van der Waals surface area (Å²) < 4.78 is 34.4. The standard InChI is InChI=1S/C21H23NO5S/c1-28(24,25)14-15-4-2-5-17(12-15)21(23)22-9-3-6-18(22)16-7-8-19-20(13-16)27-11-10-26-19/h2,4-5,7-8,12-13,18H,3,6,9-11,14H2,1H3/t18-/m0/s1. The zero-order valence-corrected chi connectivity index (χ0v) is 16.6. The Morgan fingerprint density at radius 3 is 2.68 bits per heavy atom. The Bertz CT molecular complexity index is 1000. The van der Waals surface area contributed by atoms with E-state index in [4.69, 9.17) is 9.47 Å². The van der Waals surface area contributed by atoms with Crippen LogP contribution in [0.4, 0.5) is 0 Å². The van der Waals surface area contributed by atoms with Crippen molar-refractivity contribution in [2.24, 2.45) is 0 Å². The van der Waals surface area contributed by atoms with Crippen LogP contribution in [0.25, 0.3) is 0 Å². The number of likely N-dealkylation sites (tertiary alicyclic amines) is 1. The molecular weight excluding hydrogens is 378 g/mol. The normalized spacial score (nSPS) is 18.9. The molecule has 0 bridgehead atoms. The Morgan fingerprint density at radius 2 is 1.89 bits per heavy atom. The highest BCUT2D eigenvalue weighted by molar-refractivity contribution is 7.89. The second-order valence-corrected chi connectivity index (χ2v) is 9.47. The van der Waals surface area contributed by atoms with E-state index in [-0.39, 0.29) is 17.7 Å². The number of hydrogen-bond acceptors (Lipinski definition) is 5. The van der Waals surface area contributed by atoms with Gasteiger partial charge < -0.3 is 14.4 Å². The monoisotopic (exact) mass is 401 g/mol. The molecule has 0 aliphatic carbocycles. The van der Waals surface area contributed by atoms with Crippen LogP contribution in [0.3, 0.4) is 0 Å². The zero-order valence-electron chi connectivity index (χ0n) is 15.8. The molecule has 1 fully saturated rings. The number of carbonyl (C=O) groups is 1. The number of carbonyl (C=O) groups excluding carboxylic acids is 1. The zero-order chi connectivity index (χ0) is 19.7. The van der Waals surface area contributed by atoms with Crippen molar-refractivity contribution < 1.29 is 22.7 Å². The van der Waals surface area contributed by atoms with Crippen LogP contribution in [-0.4, -0.2) is 45.2 Å². The van der Waals surface area contributed by atoms with Gasteiger partial charge in [0.2, 0.25) is 0 Å². The van der Waals surface area contributed by atoms with Crippen molar-refractivity contribution in [1.82, 2.24) is 4.90 Å². The average Bonchev–Trinajstić information content (AvgIpc) is 3.15. The number of sulfone groups is 1. The molecule has 7 heteroatoms. The molecule has 1 amide bonds. The fourth-order valence-electron chi connectivity index (χ4n) is 3.89. The Balaban J connectivity index is 1.58. The summed E-state index contributed by atoms with van der Waals surface area (Å²) in [7, 11) is -3.15. The van der Waals surface area contributed by atoms with Crippen molar-refractivity contribution in [1.29, 1.82) is 0 Å². The average molecular weight is 401 g/mol. The third-order valence-corrected chi connectivity index (χ3v) is 5.93. The van der Waals surface area contributed by atoms with Gasteiger partial charge in [-0.3, -0.25) is 4.79 Å². The first-order chi connectivity index (χ1) is 13.4. The van der Waals surface area contributed by atoms with E-state index in [1.165, 1.54) is 6.26 Å². The van der Waals surface area contributed by atoms with Crippen LogP contribution in [0.5, 0.6) is 11.5 Å². The molecule has 2 aromatic carbocycles. The van der Waals surface area contributed by atoms with Gasteiger partial charge in [-0.1, -0.05) is 18.2 Å². The van der Waals surface area contributed by atoms with E-state index < -0.39 is 9.84 Å². The first kappa shape index (κ1) is 18.8. The van der Waals surface area contributed by atoms with Gasteiger partial charge in [0.15, 0.2) is 21.3 Å². The molecule has 1 saturated heterocycles. The van der Waals surface area contributed by atoms with E-state index in [2.05, 4.69) is 0 Å². The summed E-state index contributed by atoms with van der Waals surface area (Å²) >= 11 is 0. The predicted molar refractivity (Wildman–Crippen MR) is 105 cm³/mol. The first-order valence-electron chi connectivity index (χ1n) is 9.38. The van der Waals surface area contributed by atoms with E-state index in [1.807, 2.05) is 23.1 Å². The molecular formula is C21H23NO5S. The van der Waals surface area contributed by atoms with Crippen LogP contribution in [0.15, 0.2) is 42.5 Å². The van der Waals surface area contributed by atoms with E-state index in [1.54, 1.807) is 24.3 Å². The number of hydrogen-bond donors (Lipinski definition) is 0. The second kappa shape index (κ2) is 7.47. The van der Waals surface area contributed by atoms with Crippen molar-refractivity contribution in [3.8, 4) is 11.5 Å². The molecule has 2 aliphatic rings. The van der Waals surface area contributed by atoms with Crippen LogP contribution in [0.2, 0.25) is 0 Å². The molecule has 2 heterocycles. The maximum absolute atomic E-state index is 13.2. The molecule has 6 nitrogen and oxygen atoms in total. The Hall–Kier alpha value is -2.54. The largest absolute Gasteiger partial charge is 0.486 e. The molecule has 0 aromatic heterocycles. The molecule has 0 saturated carbocycles. The number of amides is 1. The minimum atomic E-state index is -3.15. The van der Waals surface area contributed by atoms with Crippen LogP contribution in [0, 0.1) is 0 Å². The maximum atomic E-state index is 13.2. The van der Waals surface area contributed by atoms with E-state index in [0.29, 0.717) is 30.9 Å². The van der Waals surface area contributed by atoms with Crippen LogP contribution in [-0.2, 0) is 15.6 Å². The van der Waals surface area contributed by atoms with Crippen molar-refractivity contribution >= 4 is 15.7 Å². The number of benzene rings is 2. The number of ether oxygens (including phenoxy) is 2. The van der Waals surface area contributed by atoms with Gasteiger partial charge >= 0.3 is 0 Å². The first-order valence-corrected chi connectivity index (χ1v) is 11.4. The topological polar surface area (TPSA) is 72.9 Å². The molecule has 148 valence electrons. The Morgan fingerprint density at radius 1 is 1.11 bits per heavy atom. The van der Waals surface area contributed by atoms with Crippen LogP contribution < -0.4 is 9.47 Å². The molecule has 4 rings (SSSR count). The molecule has 0 N–H and O–H groups in total. The Kier molecular flexibility index (Phi) is 5.02. The minimum absolute atomic E-state index is 0.0260. The predicted octanol–water partition coefficient (Wildman–Crippen LogP) is 2.98. The van der Waals surface area contributed by atoms with Gasteiger partial charge in [0, 0.05) is 18.4 Å². The number of fused-ring (bicyclic) bond motifs is 1. The molecule has 0 unspecified atom stereocenters. The summed E-state index contributed by atoms with van der Waals surface area (Å²) in [6.07, 6.45) is 3.00. The second-order valence-electron chi connectivity index (χ2n) is 7.33. The van der Waals surface area contributed by atoms with Crippen LogP contribution in [0.1, 0.15) is 40.4 Å². The SMILES string of the molecule is CS(=O)(=O)Cc1cccc(C(=O)N2CCC[C@H]2c2ccc3c(c2)OCCO3)c1. The number of nitrogens with zero attached hydrogens (tertiary/aromatic N) is 1. The van der Waals surface area contributed by atoms with E-state index in [0.717, 1.165) is 29.9 Å². The summed E-state index contributed by atoms with van der Waals surface area (Å²) in [5.74, 6) is 1.31. The minimum Gasteiger partial charge on any atom is -0.486 e. The van der Waals surface area contributed by atoms with Gasteiger partial charge in [-0.05, 0) is 48.2 Å². The van der Waals surface area contributed by atoms with Gasteiger partial charge in [-0.2, -0.15) is 0 Å². The summed E-state index contributed by atoms with van der Waals surface area (Å²) in [4.78, 5) is 15.0. The molecule has 2 aromatic rings. The van der Waals surface area contributed by atoms with Crippen molar-refractivity contribution in [3.63, 3.8) is 0 Å². The highest BCUT2D eigenvalue weighted by atomic mass is 32.2. The smallest absolute Gasteiger partial charge is 0.254 e. The molecule has 1 atom stereocenters. The van der Waals surface area contributed by atoms with E-state index >= 15 is 0 Å². The molecule has 28 heavy (non-hydrogen) atoms. The van der Waals surface area contributed by atoms with Gasteiger partial charge in [0.05, 0.1) is 11.8 Å². The highest BCUT2D eigenvalue weighted by Crippen LogP contribution is 2.38. The molecule has 0 radical (unpaired) electrons. The summed E-state index contributed by atoms with van der Waals surface area (Å²) in [5, 5.41) is 0. The maximum Gasteiger partial charge on any atom is 0.254 e. The van der Waals surface area contributed by atoms with Crippen molar-refractivity contribution in [2.45, 2.75) is 24.6 Å². The van der Waals surface area contributed by atoms with Gasteiger partial charge in [-0.15, -0.1) is 0 Å². The van der Waals surface area contributed by atoms with Gasteiger partial charge in [-0.25, -0.2) is 8.42 Å². The molecule has 2 aliphatic heterocycles. The lowest BCUT2D eigenvalue weighted by molar-refractivity contribution is 0.0735. The Labute approximate surface area is 165 Å². The summed E-state index contributed by atoms with van der Waals surface area (Å²) in [5.41, 5.74) is 2.18. The van der Waals surface area contributed by atoms with Crippen molar-refractivity contribution in [3.05, 3.63) is 59.2 Å². The molecule has 0 spiro atoms. The fraction of sp³-hybridized carbons (Fsp3) is 0.381. The fourth-order valence-corrected chi connectivity index (χ4v) is 4.67. The van der Waals surface area contributed by atoms with Crippen LogP contribution >= 0.6 is 0 Å². The van der Waals surface area contributed by atoms with Gasteiger partial charge in [0.25, 0.3) is 5.91 Å². The number of rotatable bonds is 4. The van der Waals surface area contributed by atoms with Gasteiger partial charge in [0.1, 0.15) is 13.2 Å². The van der Waals surface area contributed by atoms with E-state index in [9.17, 15) is 13.2 Å². The lowest BCUT2D eigenvalue weighted by Crippen LogP contribution is -2.30. The third-order valence-electron chi connectivity index (χ3n) is 5.07. The summed E-state index contributed by atoms with van der Waals surface area (Å²) in [6.45, 7) is 1.75.